The van der Waals surface area contributed by atoms with Crippen molar-refractivity contribution in [2.75, 3.05) is 0 Å². The van der Waals surface area contributed by atoms with E-state index in [4.69, 9.17) is 5.11 Å². The third-order valence-electron chi connectivity index (χ3n) is 3.92. The molecule has 0 saturated heterocycles. The molecule has 0 amide bonds. The number of H-pyrrole nitrogens is 1. The highest BCUT2D eigenvalue weighted by atomic mass is 16.4. The van der Waals surface area contributed by atoms with Gasteiger partial charge in [0.15, 0.2) is 0 Å². The van der Waals surface area contributed by atoms with Crippen LogP contribution in [-0.2, 0) is 4.79 Å². The molecule has 23 heavy (non-hydrogen) atoms. The average Bonchev–Trinajstić information content (AvgIpc) is 2.78. The van der Waals surface area contributed by atoms with Crippen LogP contribution in [0.1, 0.15) is 35.7 Å². The van der Waals surface area contributed by atoms with E-state index in [2.05, 4.69) is 10.1 Å². The Balaban J connectivity index is 2.44. The van der Waals surface area contributed by atoms with Gasteiger partial charge in [0.1, 0.15) is 6.04 Å². The molecule has 0 bridgehead atoms. The zero-order chi connectivity index (χ0) is 17.1. The smallest absolute Gasteiger partial charge is 0.328 e. The maximum absolute atomic E-state index is 12.6. The summed E-state index contributed by atoms with van der Waals surface area (Å²) < 4.78 is 1.45. The number of carboxylic acid groups (broad SMARTS) is 1. The van der Waals surface area contributed by atoms with Crippen LogP contribution in [0.5, 0.6) is 0 Å². The number of nitrogens with zero attached hydrogens (tertiary/aromatic N) is 2. The largest absolute Gasteiger partial charge is 0.480 e. The molecule has 0 fully saturated rings. The van der Waals surface area contributed by atoms with Gasteiger partial charge in [0.05, 0.1) is 11.3 Å². The Morgan fingerprint density at radius 1 is 1.35 bits per heavy atom. The molecule has 2 N–H and O–H groups in total. The van der Waals surface area contributed by atoms with Crippen LogP contribution in [0.15, 0.2) is 28.0 Å². The van der Waals surface area contributed by atoms with Crippen molar-refractivity contribution < 1.29 is 9.90 Å². The number of aliphatic carboxylic acids is 1. The molecule has 1 aromatic heterocycles. The Morgan fingerprint density at radius 3 is 2.61 bits per heavy atom. The third kappa shape index (κ3) is 3.41. The molecule has 6 nitrogen and oxygen atoms in total. The third-order valence-corrected chi connectivity index (χ3v) is 3.92. The van der Waals surface area contributed by atoms with Gasteiger partial charge in [0, 0.05) is 11.9 Å². The van der Waals surface area contributed by atoms with Crippen LogP contribution < -0.4 is 5.56 Å². The fourth-order valence-corrected chi connectivity index (χ4v) is 2.27. The molecule has 0 spiro atoms. The predicted octanol–water partition coefficient (Wildman–Crippen LogP) is 2.37. The SMILES string of the molecule is CC[C@H](N=Cc1c(C)[nH]n(-c2ccc(C)c(C)c2)c1=O)C(=O)O. The van der Waals surface area contributed by atoms with Crippen LogP contribution in [0.25, 0.3) is 5.69 Å². The van der Waals surface area contributed by atoms with E-state index in [1.54, 1.807) is 13.8 Å². The van der Waals surface area contributed by atoms with E-state index in [0.29, 0.717) is 17.7 Å². The number of aromatic nitrogens is 2. The minimum Gasteiger partial charge on any atom is -0.480 e. The second kappa shape index (κ2) is 6.64. The summed E-state index contributed by atoms with van der Waals surface area (Å²) in [7, 11) is 0. The van der Waals surface area contributed by atoms with Crippen molar-refractivity contribution in [2.45, 2.75) is 40.2 Å². The highest BCUT2D eigenvalue weighted by Crippen LogP contribution is 2.13. The molecule has 0 aliphatic carbocycles. The zero-order valence-electron chi connectivity index (χ0n) is 13.8. The number of carbonyl (C=O) groups is 1. The number of nitrogens with one attached hydrogen (secondary N) is 1. The van der Waals surface area contributed by atoms with Gasteiger partial charge in [-0.25, -0.2) is 9.48 Å². The van der Waals surface area contributed by atoms with E-state index < -0.39 is 12.0 Å². The van der Waals surface area contributed by atoms with Gasteiger partial charge in [-0.3, -0.25) is 14.9 Å². The van der Waals surface area contributed by atoms with Gasteiger partial charge in [-0.1, -0.05) is 13.0 Å². The van der Waals surface area contributed by atoms with Gasteiger partial charge in [-0.2, -0.15) is 0 Å². The maximum Gasteiger partial charge on any atom is 0.328 e. The van der Waals surface area contributed by atoms with Crippen molar-refractivity contribution in [3.8, 4) is 5.69 Å². The molecule has 2 aromatic rings. The number of aromatic amines is 1. The lowest BCUT2D eigenvalue weighted by atomic mass is 10.1. The lowest BCUT2D eigenvalue weighted by Crippen LogP contribution is -2.19. The molecule has 0 unspecified atom stereocenters. The van der Waals surface area contributed by atoms with Gasteiger partial charge < -0.3 is 5.11 Å². The quantitative estimate of drug-likeness (QED) is 0.830. The summed E-state index contributed by atoms with van der Waals surface area (Å²) in [6.45, 7) is 7.51. The van der Waals surface area contributed by atoms with Crippen molar-refractivity contribution >= 4 is 12.2 Å². The van der Waals surface area contributed by atoms with Crippen LogP contribution in [0.3, 0.4) is 0 Å². The van der Waals surface area contributed by atoms with E-state index >= 15 is 0 Å². The minimum absolute atomic E-state index is 0.241. The summed E-state index contributed by atoms with van der Waals surface area (Å²) in [5, 5.41) is 12.0. The molecule has 0 aliphatic rings. The summed E-state index contributed by atoms with van der Waals surface area (Å²) in [6, 6.07) is 4.92. The fraction of sp³-hybridized carbons (Fsp3) is 0.353. The molecular formula is C17H21N3O3. The molecule has 1 aromatic carbocycles. The topological polar surface area (TPSA) is 87.5 Å². The van der Waals surface area contributed by atoms with Crippen LogP contribution in [0.4, 0.5) is 0 Å². The second-order valence-electron chi connectivity index (χ2n) is 5.60. The second-order valence-corrected chi connectivity index (χ2v) is 5.60. The first-order valence-electron chi connectivity index (χ1n) is 7.50. The van der Waals surface area contributed by atoms with Crippen molar-refractivity contribution in [3.05, 3.63) is 50.9 Å². The Labute approximate surface area is 134 Å². The van der Waals surface area contributed by atoms with Crippen molar-refractivity contribution in [3.63, 3.8) is 0 Å². The standard InChI is InChI=1S/C17H21N3O3/c1-5-15(17(22)23)18-9-14-12(4)19-20(16(14)21)13-7-6-10(2)11(3)8-13/h6-9,15,19H,5H2,1-4H3,(H,22,23)/t15-/m0/s1. The van der Waals surface area contributed by atoms with E-state index in [1.807, 2.05) is 32.0 Å². The zero-order valence-corrected chi connectivity index (χ0v) is 13.8. The number of rotatable bonds is 5. The molecule has 1 heterocycles. The normalized spacial score (nSPS) is 12.7. The van der Waals surface area contributed by atoms with E-state index in [9.17, 15) is 9.59 Å². The van der Waals surface area contributed by atoms with Gasteiger partial charge in [0.2, 0.25) is 0 Å². The van der Waals surface area contributed by atoms with Crippen molar-refractivity contribution in [2.24, 2.45) is 4.99 Å². The Bertz CT molecular complexity index is 815. The first-order chi connectivity index (χ1) is 10.8. The lowest BCUT2D eigenvalue weighted by Gasteiger charge is -2.05. The highest BCUT2D eigenvalue weighted by molar-refractivity contribution is 5.84. The number of hydrogen-bond donors (Lipinski definition) is 2. The molecular weight excluding hydrogens is 294 g/mol. The number of aliphatic imine (C=N–C) groups is 1. The summed E-state index contributed by atoms with van der Waals surface area (Å²) in [6.07, 6.45) is 1.73. The van der Waals surface area contributed by atoms with Crippen LogP contribution in [0.2, 0.25) is 0 Å². The molecule has 122 valence electrons. The minimum atomic E-state index is -0.994. The molecule has 1 atom stereocenters. The van der Waals surface area contributed by atoms with Crippen LogP contribution in [0, 0.1) is 20.8 Å². The highest BCUT2D eigenvalue weighted by Gasteiger charge is 2.15. The first kappa shape index (κ1) is 16.7. The molecule has 2 rings (SSSR count). The molecule has 0 radical (unpaired) electrons. The Morgan fingerprint density at radius 2 is 2.04 bits per heavy atom. The molecule has 0 saturated carbocycles. The maximum atomic E-state index is 12.6. The number of benzene rings is 1. The summed E-state index contributed by atoms with van der Waals surface area (Å²) in [5.74, 6) is -0.994. The summed E-state index contributed by atoms with van der Waals surface area (Å²) >= 11 is 0. The Kier molecular flexibility index (Phi) is 4.83. The van der Waals surface area contributed by atoms with Crippen molar-refractivity contribution in [1.82, 2.24) is 9.78 Å². The summed E-state index contributed by atoms with van der Waals surface area (Å²) in [5.41, 5.74) is 3.77. The number of hydrogen-bond acceptors (Lipinski definition) is 3. The van der Waals surface area contributed by atoms with E-state index in [-0.39, 0.29) is 5.56 Å². The van der Waals surface area contributed by atoms with Crippen molar-refractivity contribution in [1.29, 1.82) is 0 Å². The molecule has 6 heteroatoms. The number of aryl methyl sites for hydroxylation is 3. The van der Waals surface area contributed by atoms with Gasteiger partial charge in [0.25, 0.3) is 5.56 Å². The Hall–Kier alpha value is -2.63. The molecule has 0 aliphatic heterocycles. The van der Waals surface area contributed by atoms with Gasteiger partial charge in [-0.15, -0.1) is 0 Å². The number of carboxylic acids is 1. The summed E-state index contributed by atoms with van der Waals surface area (Å²) in [4.78, 5) is 27.6. The van der Waals surface area contributed by atoms with Gasteiger partial charge >= 0.3 is 5.97 Å². The van der Waals surface area contributed by atoms with Gasteiger partial charge in [-0.05, 0) is 50.5 Å². The van der Waals surface area contributed by atoms with E-state index in [1.165, 1.54) is 10.9 Å². The predicted molar refractivity (Wildman–Crippen MR) is 89.9 cm³/mol. The monoisotopic (exact) mass is 315 g/mol. The first-order valence-corrected chi connectivity index (χ1v) is 7.50. The fourth-order valence-electron chi connectivity index (χ4n) is 2.27. The van der Waals surface area contributed by atoms with E-state index in [0.717, 1.165) is 16.8 Å². The average molecular weight is 315 g/mol. The lowest BCUT2D eigenvalue weighted by molar-refractivity contribution is -0.138. The van der Waals surface area contributed by atoms with Crippen LogP contribution in [-0.4, -0.2) is 33.1 Å². The van der Waals surface area contributed by atoms with Crippen LogP contribution >= 0.6 is 0 Å².